The van der Waals surface area contributed by atoms with Gasteiger partial charge in [-0.1, -0.05) is 36.4 Å². The van der Waals surface area contributed by atoms with Crippen molar-refractivity contribution in [1.82, 2.24) is 14.9 Å². The van der Waals surface area contributed by atoms with Gasteiger partial charge in [-0.2, -0.15) is 0 Å². The lowest BCUT2D eigenvalue weighted by Gasteiger charge is -2.19. The fraction of sp³-hybridized carbons (Fsp3) is 0.158. The summed E-state index contributed by atoms with van der Waals surface area (Å²) in [5.74, 6) is 0.288. The van der Waals surface area contributed by atoms with Crippen molar-refractivity contribution in [2.24, 2.45) is 7.05 Å². The van der Waals surface area contributed by atoms with Gasteiger partial charge in [0, 0.05) is 36.6 Å². The van der Waals surface area contributed by atoms with Crippen LogP contribution in [-0.2, 0) is 7.05 Å². The summed E-state index contributed by atoms with van der Waals surface area (Å²) >= 11 is 0. The van der Waals surface area contributed by atoms with E-state index in [1.54, 1.807) is 25.4 Å². The third-order valence-electron chi connectivity index (χ3n) is 4.27. The van der Waals surface area contributed by atoms with Gasteiger partial charge in [-0.15, -0.1) is 0 Å². The number of aromatic nitrogens is 2. The lowest BCUT2D eigenvalue weighted by molar-refractivity contribution is -0.385. The predicted molar refractivity (Wildman–Crippen MR) is 96.8 cm³/mol. The van der Waals surface area contributed by atoms with Gasteiger partial charge in [-0.3, -0.25) is 14.9 Å². The zero-order chi connectivity index (χ0) is 18.7. The summed E-state index contributed by atoms with van der Waals surface area (Å²) in [6.07, 6.45) is 3.46. The van der Waals surface area contributed by atoms with Crippen LogP contribution in [0, 0.1) is 17.0 Å². The molecule has 3 rings (SSSR count). The summed E-state index contributed by atoms with van der Waals surface area (Å²) in [6.45, 7) is 1.57. The van der Waals surface area contributed by atoms with Crippen LogP contribution in [0.5, 0.6) is 0 Å². The second kappa shape index (κ2) is 7.18. The Morgan fingerprint density at radius 1 is 1.19 bits per heavy atom. The minimum absolute atomic E-state index is 0.0779. The molecule has 1 amide bonds. The number of hydrogen-bond donors (Lipinski definition) is 1. The number of benzene rings is 2. The topological polar surface area (TPSA) is 90.1 Å². The zero-order valence-corrected chi connectivity index (χ0v) is 14.4. The highest BCUT2D eigenvalue weighted by atomic mass is 16.6. The molecule has 1 aromatic heterocycles. The number of carbonyl (C=O) groups excluding carboxylic acids is 1. The van der Waals surface area contributed by atoms with Crippen LogP contribution in [0.25, 0.3) is 0 Å². The zero-order valence-electron chi connectivity index (χ0n) is 14.4. The minimum Gasteiger partial charge on any atom is -0.338 e. The van der Waals surface area contributed by atoms with Crippen LogP contribution in [0.4, 0.5) is 5.69 Å². The lowest BCUT2D eigenvalue weighted by Crippen LogP contribution is -2.31. The summed E-state index contributed by atoms with van der Waals surface area (Å²) < 4.78 is 1.83. The number of nitro groups is 1. The average Bonchev–Trinajstić information content (AvgIpc) is 3.06. The van der Waals surface area contributed by atoms with Gasteiger partial charge < -0.3 is 9.88 Å². The first-order valence-corrected chi connectivity index (χ1v) is 8.06. The molecule has 0 fully saturated rings. The molecule has 0 aliphatic heterocycles. The largest absolute Gasteiger partial charge is 0.338 e. The van der Waals surface area contributed by atoms with Crippen molar-refractivity contribution < 1.29 is 9.72 Å². The van der Waals surface area contributed by atoms with Gasteiger partial charge in [0.25, 0.3) is 11.6 Å². The van der Waals surface area contributed by atoms with Crippen molar-refractivity contribution in [1.29, 1.82) is 0 Å². The first kappa shape index (κ1) is 17.3. The van der Waals surface area contributed by atoms with E-state index in [2.05, 4.69) is 10.3 Å². The van der Waals surface area contributed by atoms with Crippen LogP contribution in [0.3, 0.4) is 0 Å². The normalized spacial score (nSPS) is 11.8. The second-order valence-corrected chi connectivity index (χ2v) is 5.92. The standard InChI is InChI=1S/C19H18N4O3/c1-13-15(9-6-10-16(13)23(25)26)19(24)21-17(14-7-4-3-5-8-14)18-20-11-12-22(18)2/h3-12,17H,1-2H3,(H,21,24)/t17-/m0/s1. The first-order valence-electron chi connectivity index (χ1n) is 8.06. The summed E-state index contributed by atoms with van der Waals surface area (Å²) in [4.78, 5) is 27.9. The fourth-order valence-corrected chi connectivity index (χ4v) is 2.87. The van der Waals surface area contributed by atoms with Crippen molar-refractivity contribution in [3.05, 3.63) is 93.6 Å². The van der Waals surface area contributed by atoms with Crippen LogP contribution in [0.15, 0.2) is 60.9 Å². The van der Waals surface area contributed by atoms with Crippen LogP contribution in [0.2, 0.25) is 0 Å². The van der Waals surface area contributed by atoms with Gasteiger partial charge in [-0.05, 0) is 18.6 Å². The van der Waals surface area contributed by atoms with E-state index in [4.69, 9.17) is 0 Å². The van der Waals surface area contributed by atoms with Crippen molar-refractivity contribution >= 4 is 11.6 Å². The van der Waals surface area contributed by atoms with E-state index in [1.807, 2.05) is 41.9 Å². The average molecular weight is 350 g/mol. The number of nitrogens with one attached hydrogen (secondary N) is 1. The Morgan fingerprint density at radius 2 is 1.92 bits per heavy atom. The SMILES string of the molecule is Cc1c(C(=O)N[C@@H](c2ccccc2)c2nccn2C)cccc1[N+](=O)[O-]. The number of aryl methyl sites for hydroxylation is 1. The molecule has 0 unspecified atom stereocenters. The molecular formula is C19H18N4O3. The van der Waals surface area contributed by atoms with E-state index in [1.165, 1.54) is 12.1 Å². The molecule has 3 aromatic rings. The molecule has 0 aliphatic rings. The molecular weight excluding hydrogens is 332 g/mol. The number of hydrogen-bond acceptors (Lipinski definition) is 4. The summed E-state index contributed by atoms with van der Waals surface area (Å²) in [6, 6.07) is 13.5. The minimum atomic E-state index is -0.487. The number of rotatable bonds is 5. The molecule has 1 N–H and O–H groups in total. The van der Waals surface area contributed by atoms with Gasteiger partial charge in [0.1, 0.15) is 11.9 Å². The van der Waals surface area contributed by atoms with Crippen LogP contribution in [-0.4, -0.2) is 20.4 Å². The van der Waals surface area contributed by atoms with E-state index in [0.717, 1.165) is 5.56 Å². The molecule has 7 heteroatoms. The quantitative estimate of drug-likeness (QED) is 0.565. The van der Waals surface area contributed by atoms with Gasteiger partial charge in [0.05, 0.1) is 4.92 Å². The number of imidazole rings is 1. The number of carbonyl (C=O) groups is 1. The Hall–Kier alpha value is -3.48. The number of amides is 1. The Kier molecular flexibility index (Phi) is 4.79. The molecule has 0 radical (unpaired) electrons. The molecule has 0 spiro atoms. The van der Waals surface area contributed by atoms with Crippen LogP contribution >= 0.6 is 0 Å². The van der Waals surface area contributed by atoms with Gasteiger partial charge >= 0.3 is 0 Å². The fourth-order valence-electron chi connectivity index (χ4n) is 2.87. The molecule has 132 valence electrons. The summed E-state index contributed by atoms with van der Waals surface area (Å²) in [5, 5.41) is 14.1. The Morgan fingerprint density at radius 3 is 2.54 bits per heavy atom. The maximum absolute atomic E-state index is 12.9. The molecule has 1 heterocycles. The van der Waals surface area contributed by atoms with Crippen LogP contribution < -0.4 is 5.32 Å². The van der Waals surface area contributed by atoms with E-state index in [-0.39, 0.29) is 17.2 Å². The van der Waals surface area contributed by atoms with Crippen molar-refractivity contribution in [2.75, 3.05) is 0 Å². The number of nitrogens with zero attached hydrogens (tertiary/aromatic N) is 3. The van der Waals surface area contributed by atoms with E-state index in [9.17, 15) is 14.9 Å². The smallest absolute Gasteiger partial charge is 0.273 e. The highest BCUT2D eigenvalue weighted by Gasteiger charge is 2.24. The molecule has 2 aromatic carbocycles. The molecule has 0 saturated heterocycles. The number of nitro benzene ring substituents is 1. The Balaban J connectivity index is 1.98. The maximum Gasteiger partial charge on any atom is 0.273 e. The van der Waals surface area contributed by atoms with E-state index >= 15 is 0 Å². The van der Waals surface area contributed by atoms with E-state index in [0.29, 0.717) is 11.4 Å². The van der Waals surface area contributed by atoms with Crippen molar-refractivity contribution in [3.63, 3.8) is 0 Å². The third kappa shape index (κ3) is 3.32. The van der Waals surface area contributed by atoms with Crippen molar-refractivity contribution in [3.8, 4) is 0 Å². The Labute approximate surface area is 150 Å². The maximum atomic E-state index is 12.9. The molecule has 0 bridgehead atoms. The second-order valence-electron chi connectivity index (χ2n) is 5.92. The third-order valence-corrected chi connectivity index (χ3v) is 4.27. The molecule has 0 aliphatic carbocycles. The summed E-state index contributed by atoms with van der Waals surface area (Å²) in [5.41, 5.74) is 1.40. The van der Waals surface area contributed by atoms with Crippen molar-refractivity contribution in [2.45, 2.75) is 13.0 Å². The van der Waals surface area contributed by atoms with Gasteiger partial charge in [-0.25, -0.2) is 4.98 Å². The monoisotopic (exact) mass is 350 g/mol. The molecule has 26 heavy (non-hydrogen) atoms. The molecule has 0 saturated carbocycles. The highest BCUT2D eigenvalue weighted by molar-refractivity contribution is 5.97. The van der Waals surface area contributed by atoms with E-state index < -0.39 is 11.0 Å². The summed E-state index contributed by atoms with van der Waals surface area (Å²) in [7, 11) is 1.85. The van der Waals surface area contributed by atoms with Gasteiger partial charge in [0.15, 0.2) is 0 Å². The molecule has 1 atom stereocenters. The Bertz CT molecular complexity index is 950. The first-order chi connectivity index (χ1) is 12.5. The predicted octanol–water partition coefficient (Wildman–Crippen LogP) is 3.16. The van der Waals surface area contributed by atoms with Crippen LogP contribution in [0.1, 0.15) is 33.4 Å². The lowest BCUT2D eigenvalue weighted by atomic mass is 10.0. The molecule has 7 nitrogen and oxygen atoms in total. The highest BCUT2D eigenvalue weighted by Crippen LogP contribution is 2.24. The van der Waals surface area contributed by atoms with Gasteiger partial charge in [0.2, 0.25) is 0 Å².